The molecule has 0 radical (unpaired) electrons. The number of rotatable bonds is 8. The second kappa shape index (κ2) is 15.2. The molecule has 3 aromatic heterocycles. The highest BCUT2D eigenvalue weighted by molar-refractivity contribution is 6.15. The molecule has 0 spiro atoms. The monoisotopic (exact) mass is 633 g/mol. The molecular weight excluding hydrogens is 590 g/mol. The number of hydrogen-bond donors (Lipinski definition) is 1. The van der Waals surface area contributed by atoms with Crippen LogP contribution in [0.2, 0.25) is 0 Å². The van der Waals surface area contributed by atoms with Crippen molar-refractivity contribution in [2.75, 3.05) is 56.0 Å². The molecule has 1 aromatic carbocycles. The molecule has 2 aliphatic rings. The smallest absolute Gasteiger partial charge is 0.354 e. The van der Waals surface area contributed by atoms with Gasteiger partial charge in [-0.25, -0.2) is 19.3 Å². The van der Waals surface area contributed by atoms with E-state index in [-0.39, 0.29) is 11.1 Å². The Kier molecular flexibility index (Phi) is 11.4. The zero-order valence-electron chi connectivity index (χ0n) is 26.9. The summed E-state index contributed by atoms with van der Waals surface area (Å²) >= 11 is 4.64. The zero-order valence-corrected chi connectivity index (χ0v) is 27.6. The first-order valence-electron chi connectivity index (χ1n) is 15.3. The number of nitrogens with zero attached hydrogens (tertiary/aromatic N) is 7. The van der Waals surface area contributed by atoms with E-state index in [1.165, 1.54) is 35.7 Å². The minimum absolute atomic E-state index is 0.0756. The number of halogens is 1. The molecule has 2 saturated heterocycles. The first-order valence-corrected chi connectivity index (χ1v) is 16.0. The van der Waals surface area contributed by atoms with Gasteiger partial charge in [0.1, 0.15) is 11.6 Å². The van der Waals surface area contributed by atoms with Gasteiger partial charge in [0, 0.05) is 51.6 Å². The van der Waals surface area contributed by atoms with Gasteiger partial charge in [0.25, 0.3) is 0 Å². The van der Waals surface area contributed by atoms with Gasteiger partial charge in [-0.15, -0.1) is 11.6 Å². The summed E-state index contributed by atoms with van der Waals surface area (Å²) < 4.78 is 1.91. The van der Waals surface area contributed by atoms with Crippen LogP contribution in [-0.4, -0.2) is 88.1 Å². The van der Waals surface area contributed by atoms with Crippen molar-refractivity contribution in [3.63, 3.8) is 0 Å². The van der Waals surface area contributed by atoms with Gasteiger partial charge in [-0.2, -0.15) is 5.10 Å². The van der Waals surface area contributed by atoms with E-state index in [0.717, 1.165) is 69.3 Å². The minimum atomic E-state index is -1.00. The van der Waals surface area contributed by atoms with E-state index in [9.17, 15) is 9.59 Å². The SMILES string of the molecule is CCl.CN(C=O)CCC1CCN(c2cccc(C(=O)O)n2)C1.Cc1nc2c(C)cc(N3CC[C@](C)(c4ccccc4)C3)cn2n1. The highest BCUT2D eigenvalue weighted by Crippen LogP contribution is 2.36. The van der Waals surface area contributed by atoms with Crippen molar-refractivity contribution >= 4 is 41.1 Å². The number of anilines is 2. The van der Waals surface area contributed by atoms with Gasteiger partial charge in [0.05, 0.1) is 11.9 Å². The maximum absolute atomic E-state index is 10.9. The van der Waals surface area contributed by atoms with Crippen LogP contribution in [-0.2, 0) is 10.2 Å². The van der Waals surface area contributed by atoms with Crippen LogP contribution >= 0.6 is 11.6 Å². The fourth-order valence-corrected chi connectivity index (χ4v) is 6.10. The summed E-state index contributed by atoms with van der Waals surface area (Å²) in [5.41, 5.74) is 5.08. The molecular formula is C34H44ClN7O3. The maximum Gasteiger partial charge on any atom is 0.354 e. The summed E-state index contributed by atoms with van der Waals surface area (Å²) in [6.07, 6.45) is 7.60. The predicted octanol–water partition coefficient (Wildman–Crippen LogP) is 5.45. The predicted molar refractivity (Wildman–Crippen MR) is 180 cm³/mol. The lowest BCUT2D eigenvalue weighted by atomic mass is 9.82. The molecule has 2 fully saturated rings. The van der Waals surface area contributed by atoms with Crippen molar-refractivity contribution in [3.05, 3.63) is 83.4 Å². The number of fused-ring (bicyclic) bond motifs is 1. The number of carboxylic acids is 1. The Morgan fingerprint density at radius 3 is 2.56 bits per heavy atom. The molecule has 1 unspecified atom stereocenters. The van der Waals surface area contributed by atoms with Gasteiger partial charge >= 0.3 is 5.97 Å². The topological polar surface area (TPSA) is 107 Å². The van der Waals surface area contributed by atoms with Gasteiger partial charge in [-0.3, -0.25) is 4.79 Å². The van der Waals surface area contributed by atoms with E-state index in [2.05, 4.69) is 92.9 Å². The molecule has 1 N–H and O–H groups in total. The molecule has 10 nitrogen and oxygen atoms in total. The molecule has 1 amide bonds. The molecule has 0 saturated carbocycles. The number of alkyl halides is 1. The highest BCUT2D eigenvalue weighted by atomic mass is 35.5. The standard InChI is InChI=1S/C19H22N4.C14H19N3O3.CH3Cl/c1-14-11-17(12-23-18(14)20-15(2)21-23)22-10-9-19(3,13-22)16-7-5-4-6-8-16;1-16(10-18)7-5-11-6-8-17(9-11)13-4-2-3-12(15-13)14(19)20;1-2/h4-8,11-12H,9-10,13H2,1-3H3;2-4,10-11H,5-9H2,1H3,(H,19,20);1H3/t19-;;/m0../s1. The first kappa shape index (κ1) is 33.7. The fourth-order valence-electron chi connectivity index (χ4n) is 6.10. The van der Waals surface area contributed by atoms with Crippen LogP contribution in [0.5, 0.6) is 0 Å². The van der Waals surface area contributed by atoms with Crippen LogP contribution < -0.4 is 9.80 Å². The summed E-state index contributed by atoms with van der Waals surface area (Å²) in [5.74, 6) is 1.06. The molecule has 11 heteroatoms. The molecule has 240 valence electrons. The second-order valence-corrected chi connectivity index (χ2v) is 12.1. The maximum atomic E-state index is 10.9. The number of pyridine rings is 2. The summed E-state index contributed by atoms with van der Waals surface area (Å²) in [5, 5.41) is 13.4. The molecule has 45 heavy (non-hydrogen) atoms. The molecule has 0 bridgehead atoms. The van der Waals surface area contributed by atoms with Crippen molar-refractivity contribution in [3.8, 4) is 0 Å². The number of aromatic nitrogens is 4. The third-order valence-corrected chi connectivity index (χ3v) is 8.65. The second-order valence-electron chi connectivity index (χ2n) is 12.1. The number of carbonyl (C=O) groups is 2. The largest absolute Gasteiger partial charge is 0.477 e. The molecule has 0 aliphatic carbocycles. The fraction of sp³-hybridized carbons (Fsp3) is 0.441. The molecule has 2 aliphatic heterocycles. The van der Waals surface area contributed by atoms with Gasteiger partial charge in [-0.1, -0.05) is 43.3 Å². The van der Waals surface area contributed by atoms with E-state index in [1.807, 2.05) is 17.5 Å². The average molecular weight is 634 g/mol. The average Bonchev–Trinajstić information content (AvgIpc) is 3.80. The van der Waals surface area contributed by atoms with Crippen LogP contribution in [0.3, 0.4) is 0 Å². The number of benzene rings is 1. The third-order valence-electron chi connectivity index (χ3n) is 8.65. The molecule has 2 atom stereocenters. The Hall–Kier alpha value is -4.18. The van der Waals surface area contributed by atoms with Crippen LogP contribution in [0.25, 0.3) is 5.65 Å². The lowest BCUT2D eigenvalue weighted by Crippen LogP contribution is -2.28. The van der Waals surface area contributed by atoms with E-state index >= 15 is 0 Å². The van der Waals surface area contributed by atoms with Crippen molar-refractivity contribution in [2.24, 2.45) is 5.92 Å². The van der Waals surface area contributed by atoms with Crippen LogP contribution in [0, 0.1) is 19.8 Å². The van der Waals surface area contributed by atoms with Crippen LogP contribution in [0.1, 0.15) is 53.6 Å². The lowest BCUT2D eigenvalue weighted by Gasteiger charge is -2.26. The Balaban J connectivity index is 0.000000196. The van der Waals surface area contributed by atoms with Crippen molar-refractivity contribution < 1.29 is 14.7 Å². The van der Waals surface area contributed by atoms with E-state index in [1.54, 1.807) is 18.0 Å². The Bertz CT molecular complexity index is 1580. The number of hydrogen-bond acceptors (Lipinski definition) is 7. The lowest BCUT2D eigenvalue weighted by molar-refractivity contribution is -0.117. The number of aryl methyl sites for hydroxylation is 2. The number of carbonyl (C=O) groups excluding carboxylic acids is 1. The Labute approximate surface area is 270 Å². The normalized spacial score (nSPS) is 19.0. The summed E-state index contributed by atoms with van der Waals surface area (Å²) in [7, 11) is 1.78. The first-order chi connectivity index (χ1) is 21.6. The zero-order chi connectivity index (χ0) is 32.6. The van der Waals surface area contributed by atoms with Gasteiger partial charge in [0.15, 0.2) is 11.3 Å². The van der Waals surface area contributed by atoms with E-state index < -0.39 is 5.97 Å². The van der Waals surface area contributed by atoms with Crippen molar-refractivity contribution in [2.45, 2.75) is 45.4 Å². The number of carboxylic acid groups (broad SMARTS) is 1. The quantitative estimate of drug-likeness (QED) is 0.202. The minimum Gasteiger partial charge on any atom is -0.477 e. The highest BCUT2D eigenvalue weighted by Gasteiger charge is 2.35. The molecule has 4 aromatic rings. The van der Waals surface area contributed by atoms with Crippen molar-refractivity contribution in [1.29, 1.82) is 0 Å². The number of amides is 1. The Morgan fingerprint density at radius 2 is 1.84 bits per heavy atom. The third kappa shape index (κ3) is 8.30. The molecule has 6 rings (SSSR count). The van der Waals surface area contributed by atoms with E-state index in [0.29, 0.717) is 5.92 Å². The van der Waals surface area contributed by atoms with Gasteiger partial charge in [-0.05, 0) is 68.4 Å². The van der Waals surface area contributed by atoms with E-state index in [4.69, 9.17) is 5.11 Å². The molecule has 5 heterocycles. The number of aromatic carboxylic acids is 1. The Morgan fingerprint density at radius 1 is 1.09 bits per heavy atom. The van der Waals surface area contributed by atoms with Gasteiger partial charge < -0.3 is 19.8 Å². The van der Waals surface area contributed by atoms with Crippen molar-refractivity contribution in [1.82, 2.24) is 24.5 Å². The summed E-state index contributed by atoms with van der Waals surface area (Å²) in [4.78, 5) is 36.3. The van der Waals surface area contributed by atoms with Crippen LogP contribution in [0.4, 0.5) is 11.5 Å². The summed E-state index contributed by atoms with van der Waals surface area (Å²) in [6, 6.07) is 18.2. The van der Waals surface area contributed by atoms with Crippen LogP contribution in [0.15, 0.2) is 60.8 Å². The summed E-state index contributed by atoms with van der Waals surface area (Å²) in [6.45, 7) is 11.0. The van der Waals surface area contributed by atoms with Gasteiger partial charge in [0.2, 0.25) is 6.41 Å².